The van der Waals surface area contributed by atoms with Crippen molar-refractivity contribution in [2.24, 2.45) is 0 Å². The van der Waals surface area contributed by atoms with Crippen LogP contribution in [0.1, 0.15) is 58.8 Å². The smallest absolute Gasteiger partial charge is 0.407 e. The van der Waals surface area contributed by atoms with E-state index in [1.807, 2.05) is 27.7 Å². The zero-order chi connectivity index (χ0) is 15.5. The van der Waals surface area contributed by atoms with E-state index >= 15 is 0 Å². The minimum atomic E-state index is -0.465. The van der Waals surface area contributed by atoms with Gasteiger partial charge in [-0.25, -0.2) is 4.79 Å². The molecule has 1 heterocycles. The Balaban J connectivity index is 1.75. The van der Waals surface area contributed by atoms with E-state index in [0.717, 1.165) is 19.3 Å². The summed E-state index contributed by atoms with van der Waals surface area (Å²) >= 11 is 0. The van der Waals surface area contributed by atoms with E-state index in [0.29, 0.717) is 11.9 Å². The highest BCUT2D eigenvalue weighted by Crippen LogP contribution is 2.22. The predicted octanol–water partition coefficient (Wildman–Crippen LogP) is 1.30. The van der Waals surface area contributed by atoms with Crippen LogP contribution in [0.4, 0.5) is 4.79 Å². The first-order chi connectivity index (χ1) is 9.83. The summed E-state index contributed by atoms with van der Waals surface area (Å²) in [5, 5.41) is 20.3. The molecule has 8 heteroatoms. The van der Waals surface area contributed by atoms with Crippen LogP contribution in [0.2, 0.25) is 0 Å². The van der Waals surface area contributed by atoms with Gasteiger partial charge in [0.15, 0.2) is 5.82 Å². The third-order valence-corrected chi connectivity index (χ3v) is 3.39. The molecule has 3 unspecified atom stereocenters. The third kappa shape index (κ3) is 4.96. The molecule has 8 nitrogen and oxygen atoms in total. The number of tetrazole rings is 1. The molecule has 0 bridgehead atoms. The summed E-state index contributed by atoms with van der Waals surface area (Å²) in [7, 11) is 0. The van der Waals surface area contributed by atoms with Crippen LogP contribution < -0.4 is 10.6 Å². The first kappa shape index (κ1) is 15.7. The Hall–Kier alpha value is -1.70. The van der Waals surface area contributed by atoms with Crippen LogP contribution in [-0.2, 0) is 4.74 Å². The van der Waals surface area contributed by atoms with Crippen molar-refractivity contribution in [1.29, 1.82) is 0 Å². The van der Waals surface area contributed by atoms with E-state index in [9.17, 15) is 4.79 Å². The Labute approximate surface area is 124 Å². The van der Waals surface area contributed by atoms with Gasteiger partial charge in [0.1, 0.15) is 5.60 Å². The van der Waals surface area contributed by atoms with E-state index in [1.165, 1.54) is 0 Å². The average Bonchev–Trinajstić information content (AvgIpc) is 2.97. The van der Waals surface area contributed by atoms with Crippen LogP contribution in [0.15, 0.2) is 0 Å². The summed E-state index contributed by atoms with van der Waals surface area (Å²) in [5.74, 6) is 0.651. The van der Waals surface area contributed by atoms with Crippen LogP contribution in [0.3, 0.4) is 0 Å². The average molecular weight is 296 g/mol. The summed E-state index contributed by atoms with van der Waals surface area (Å²) < 4.78 is 5.27. The molecule has 21 heavy (non-hydrogen) atoms. The van der Waals surface area contributed by atoms with Gasteiger partial charge in [-0.05, 0) is 47.0 Å². The van der Waals surface area contributed by atoms with E-state index < -0.39 is 5.60 Å². The quantitative estimate of drug-likeness (QED) is 0.773. The number of rotatable bonds is 4. The fraction of sp³-hybridized carbons (Fsp3) is 0.846. The number of carbonyl (C=O) groups is 1. The number of amides is 1. The van der Waals surface area contributed by atoms with E-state index in [4.69, 9.17) is 4.74 Å². The summed E-state index contributed by atoms with van der Waals surface area (Å²) in [6.07, 6.45) is 2.47. The van der Waals surface area contributed by atoms with Crippen LogP contribution in [0.5, 0.6) is 0 Å². The molecule has 3 N–H and O–H groups in total. The maximum absolute atomic E-state index is 11.7. The van der Waals surface area contributed by atoms with Gasteiger partial charge in [0.2, 0.25) is 0 Å². The Bertz CT molecular complexity index is 456. The predicted molar refractivity (Wildman–Crippen MR) is 76.5 cm³/mol. The fourth-order valence-electron chi connectivity index (χ4n) is 2.52. The largest absolute Gasteiger partial charge is 0.444 e. The highest BCUT2D eigenvalue weighted by atomic mass is 16.6. The molecule has 2 rings (SSSR count). The molecule has 0 aliphatic heterocycles. The molecule has 1 aromatic heterocycles. The van der Waals surface area contributed by atoms with Crippen LogP contribution >= 0.6 is 0 Å². The maximum Gasteiger partial charge on any atom is 0.407 e. The molecular formula is C13H24N6O2. The number of nitrogens with one attached hydrogen (secondary N) is 3. The molecule has 0 aromatic carbocycles. The summed E-state index contributed by atoms with van der Waals surface area (Å²) in [6, 6.07) is 0.516. The summed E-state index contributed by atoms with van der Waals surface area (Å²) in [6.45, 7) is 7.58. The van der Waals surface area contributed by atoms with Crippen molar-refractivity contribution in [3.8, 4) is 0 Å². The monoisotopic (exact) mass is 296 g/mol. The fourth-order valence-corrected chi connectivity index (χ4v) is 2.52. The number of alkyl carbamates (subject to hydrolysis) is 1. The summed E-state index contributed by atoms with van der Waals surface area (Å²) in [4.78, 5) is 11.7. The number of ether oxygens (including phenoxy) is 1. The molecule has 1 aromatic rings. The van der Waals surface area contributed by atoms with Gasteiger partial charge in [-0.2, -0.15) is 5.21 Å². The lowest BCUT2D eigenvalue weighted by atomic mass is 10.2. The van der Waals surface area contributed by atoms with Gasteiger partial charge >= 0.3 is 6.09 Å². The molecule has 3 atom stereocenters. The van der Waals surface area contributed by atoms with Gasteiger partial charge in [-0.1, -0.05) is 5.21 Å². The van der Waals surface area contributed by atoms with E-state index in [2.05, 4.69) is 31.3 Å². The molecule has 118 valence electrons. The first-order valence-corrected chi connectivity index (χ1v) is 7.32. The van der Waals surface area contributed by atoms with Crippen LogP contribution in [0.25, 0.3) is 0 Å². The standard InChI is InChI=1S/C13H24N6O2/c1-8(11-16-18-19-17-11)14-9-5-6-10(7-9)15-12(20)21-13(2,3)4/h8-10,14H,5-7H2,1-4H3,(H,15,20)(H,16,17,18,19). The van der Waals surface area contributed by atoms with Crippen molar-refractivity contribution < 1.29 is 9.53 Å². The van der Waals surface area contributed by atoms with E-state index in [-0.39, 0.29) is 18.2 Å². The van der Waals surface area contributed by atoms with Gasteiger partial charge in [-0.15, -0.1) is 10.2 Å². The Morgan fingerprint density at radius 1 is 1.38 bits per heavy atom. The second-order valence-corrected chi connectivity index (χ2v) is 6.51. The number of aromatic nitrogens is 4. The Morgan fingerprint density at radius 3 is 2.71 bits per heavy atom. The number of carbonyl (C=O) groups excluding carboxylic acids is 1. The minimum absolute atomic E-state index is 0.0361. The molecule has 1 fully saturated rings. The van der Waals surface area contributed by atoms with Crippen molar-refractivity contribution in [3.05, 3.63) is 5.82 Å². The van der Waals surface area contributed by atoms with Crippen LogP contribution in [0, 0.1) is 0 Å². The van der Waals surface area contributed by atoms with Crippen LogP contribution in [-0.4, -0.2) is 44.4 Å². The van der Waals surface area contributed by atoms with Crippen molar-refractivity contribution in [2.45, 2.75) is 70.7 Å². The molecule has 0 saturated heterocycles. The summed E-state index contributed by atoms with van der Waals surface area (Å²) in [5.41, 5.74) is -0.465. The van der Waals surface area contributed by atoms with Gasteiger partial charge in [0, 0.05) is 12.1 Å². The van der Waals surface area contributed by atoms with Gasteiger partial charge in [0.25, 0.3) is 0 Å². The molecule has 1 saturated carbocycles. The van der Waals surface area contributed by atoms with Crippen molar-refractivity contribution in [1.82, 2.24) is 31.3 Å². The Kier molecular flexibility index (Phi) is 4.76. The number of H-pyrrole nitrogens is 1. The van der Waals surface area contributed by atoms with E-state index in [1.54, 1.807) is 0 Å². The van der Waals surface area contributed by atoms with Gasteiger partial charge in [-0.3, -0.25) is 0 Å². The lowest BCUT2D eigenvalue weighted by Crippen LogP contribution is -2.39. The molecule has 1 amide bonds. The van der Waals surface area contributed by atoms with Crippen molar-refractivity contribution >= 4 is 6.09 Å². The molecule has 0 spiro atoms. The maximum atomic E-state index is 11.7. The lowest BCUT2D eigenvalue weighted by Gasteiger charge is -2.22. The lowest BCUT2D eigenvalue weighted by molar-refractivity contribution is 0.0505. The second-order valence-electron chi connectivity index (χ2n) is 6.51. The highest BCUT2D eigenvalue weighted by molar-refractivity contribution is 5.68. The van der Waals surface area contributed by atoms with Crippen molar-refractivity contribution in [3.63, 3.8) is 0 Å². The van der Waals surface area contributed by atoms with Gasteiger partial charge < -0.3 is 15.4 Å². The molecule has 1 aliphatic rings. The Morgan fingerprint density at radius 2 is 2.10 bits per heavy atom. The number of hydrogen-bond donors (Lipinski definition) is 3. The second kappa shape index (κ2) is 6.38. The number of nitrogens with zero attached hydrogens (tertiary/aromatic N) is 3. The normalized spacial score (nSPS) is 23.8. The molecule has 1 aliphatic carbocycles. The molecular weight excluding hydrogens is 272 g/mol. The molecule has 0 radical (unpaired) electrons. The number of hydrogen-bond acceptors (Lipinski definition) is 6. The minimum Gasteiger partial charge on any atom is -0.444 e. The topological polar surface area (TPSA) is 105 Å². The highest BCUT2D eigenvalue weighted by Gasteiger charge is 2.29. The third-order valence-electron chi connectivity index (χ3n) is 3.39. The van der Waals surface area contributed by atoms with Gasteiger partial charge in [0.05, 0.1) is 6.04 Å². The zero-order valence-electron chi connectivity index (χ0n) is 13.0. The van der Waals surface area contributed by atoms with Crippen molar-refractivity contribution in [2.75, 3.05) is 0 Å². The number of aromatic amines is 1. The first-order valence-electron chi connectivity index (χ1n) is 7.32. The SMILES string of the molecule is CC(NC1CCC(NC(=O)OC(C)(C)C)C1)c1nn[nH]n1. The zero-order valence-corrected chi connectivity index (χ0v) is 13.0.